The highest BCUT2D eigenvalue weighted by Crippen LogP contribution is 2.30. The number of rotatable bonds is 4. The fourth-order valence-electron chi connectivity index (χ4n) is 2.22. The molecule has 1 aliphatic carbocycles. The zero-order chi connectivity index (χ0) is 9.52. The minimum absolute atomic E-state index is 0.894. The van der Waals surface area contributed by atoms with E-state index in [1.54, 1.807) is 0 Å². The first-order valence-corrected chi connectivity index (χ1v) is 6.01. The lowest BCUT2D eigenvalue weighted by molar-refractivity contribution is 0.306. The number of hydrogen-bond acceptors (Lipinski definition) is 0. The minimum atomic E-state index is 0.894. The highest BCUT2D eigenvalue weighted by molar-refractivity contribution is 4.92. The Morgan fingerprint density at radius 3 is 2.69 bits per heavy atom. The van der Waals surface area contributed by atoms with Gasteiger partial charge in [0.25, 0.3) is 0 Å². The molecule has 1 fully saturated rings. The monoisotopic (exact) mass is 180 g/mol. The summed E-state index contributed by atoms with van der Waals surface area (Å²) in [7, 11) is 0. The van der Waals surface area contributed by atoms with Gasteiger partial charge in [0, 0.05) is 0 Å². The molecule has 1 aliphatic rings. The molecule has 0 radical (unpaired) electrons. The van der Waals surface area contributed by atoms with Gasteiger partial charge in [-0.15, -0.1) is 0 Å². The Kier molecular flexibility index (Phi) is 5.19. The van der Waals surface area contributed by atoms with Crippen molar-refractivity contribution in [2.75, 3.05) is 0 Å². The topological polar surface area (TPSA) is 0 Å². The SMILES string of the molecule is CCCC/C=C/C1CCCCC1C. The first kappa shape index (κ1) is 10.8. The molecule has 2 unspecified atom stereocenters. The van der Waals surface area contributed by atoms with Crippen molar-refractivity contribution in [3.05, 3.63) is 12.2 Å². The van der Waals surface area contributed by atoms with Crippen molar-refractivity contribution >= 4 is 0 Å². The molecule has 0 amide bonds. The van der Waals surface area contributed by atoms with Crippen LogP contribution in [-0.4, -0.2) is 0 Å². The van der Waals surface area contributed by atoms with Crippen LogP contribution >= 0.6 is 0 Å². The Morgan fingerprint density at radius 2 is 2.00 bits per heavy atom. The van der Waals surface area contributed by atoms with E-state index in [-0.39, 0.29) is 0 Å². The maximum Gasteiger partial charge on any atom is -0.0208 e. The molecule has 0 aromatic carbocycles. The third-order valence-corrected chi connectivity index (χ3v) is 3.29. The van der Waals surface area contributed by atoms with Crippen LogP contribution in [0.1, 0.15) is 58.8 Å². The molecular formula is C13H24. The number of allylic oxidation sites excluding steroid dienone is 2. The Bertz CT molecular complexity index is 146. The fraction of sp³-hybridized carbons (Fsp3) is 0.846. The van der Waals surface area contributed by atoms with E-state index in [1.165, 1.54) is 44.9 Å². The van der Waals surface area contributed by atoms with Crippen LogP contribution in [0.2, 0.25) is 0 Å². The lowest BCUT2D eigenvalue weighted by atomic mass is 9.80. The standard InChI is InChI=1S/C13H24/c1-3-4-5-6-10-13-11-8-7-9-12(13)2/h6,10,12-13H,3-5,7-9,11H2,1-2H3/b10-6+. The molecule has 0 nitrogen and oxygen atoms in total. The molecule has 0 N–H and O–H groups in total. The number of hydrogen-bond donors (Lipinski definition) is 0. The Balaban J connectivity index is 2.21. The van der Waals surface area contributed by atoms with Crippen LogP contribution in [0.5, 0.6) is 0 Å². The van der Waals surface area contributed by atoms with E-state index in [0.29, 0.717) is 0 Å². The van der Waals surface area contributed by atoms with Crippen LogP contribution < -0.4 is 0 Å². The second-order valence-electron chi connectivity index (χ2n) is 4.50. The molecule has 0 aromatic rings. The van der Waals surface area contributed by atoms with Crippen LogP contribution in [0.15, 0.2) is 12.2 Å². The second kappa shape index (κ2) is 6.23. The lowest BCUT2D eigenvalue weighted by Crippen LogP contribution is -2.14. The molecule has 0 bridgehead atoms. The normalized spacial score (nSPS) is 29.7. The van der Waals surface area contributed by atoms with Crippen LogP contribution in [0, 0.1) is 11.8 Å². The summed E-state index contributed by atoms with van der Waals surface area (Å²) in [5.41, 5.74) is 0. The van der Waals surface area contributed by atoms with E-state index in [0.717, 1.165) is 11.8 Å². The van der Waals surface area contributed by atoms with Crippen LogP contribution in [0.3, 0.4) is 0 Å². The van der Waals surface area contributed by atoms with Gasteiger partial charge in [-0.05, 0) is 24.7 Å². The van der Waals surface area contributed by atoms with Gasteiger partial charge in [-0.3, -0.25) is 0 Å². The summed E-state index contributed by atoms with van der Waals surface area (Å²) in [6.07, 6.45) is 14.7. The van der Waals surface area contributed by atoms with E-state index in [4.69, 9.17) is 0 Å². The summed E-state index contributed by atoms with van der Waals surface area (Å²) < 4.78 is 0. The van der Waals surface area contributed by atoms with Gasteiger partial charge in [-0.25, -0.2) is 0 Å². The van der Waals surface area contributed by atoms with Crippen molar-refractivity contribution in [2.45, 2.75) is 58.8 Å². The zero-order valence-corrected chi connectivity index (χ0v) is 9.26. The Hall–Kier alpha value is -0.260. The summed E-state index contributed by atoms with van der Waals surface area (Å²) in [4.78, 5) is 0. The summed E-state index contributed by atoms with van der Waals surface area (Å²) in [6.45, 7) is 4.67. The maximum atomic E-state index is 2.49. The van der Waals surface area contributed by atoms with Crippen LogP contribution in [0.25, 0.3) is 0 Å². The van der Waals surface area contributed by atoms with Gasteiger partial charge < -0.3 is 0 Å². The Morgan fingerprint density at radius 1 is 1.23 bits per heavy atom. The van der Waals surface area contributed by atoms with Crippen molar-refractivity contribution in [3.63, 3.8) is 0 Å². The maximum absolute atomic E-state index is 2.49. The molecular weight excluding hydrogens is 156 g/mol. The van der Waals surface area contributed by atoms with Gasteiger partial charge in [-0.2, -0.15) is 0 Å². The third kappa shape index (κ3) is 3.97. The molecule has 2 atom stereocenters. The van der Waals surface area contributed by atoms with Crippen LogP contribution in [0.4, 0.5) is 0 Å². The highest BCUT2D eigenvalue weighted by Gasteiger charge is 2.17. The number of unbranched alkanes of at least 4 members (excludes halogenated alkanes) is 2. The molecule has 0 spiro atoms. The first-order chi connectivity index (χ1) is 6.34. The van der Waals surface area contributed by atoms with Crippen molar-refractivity contribution in [2.24, 2.45) is 11.8 Å². The molecule has 76 valence electrons. The van der Waals surface area contributed by atoms with Gasteiger partial charge in [0.1, 0.15) is 0 Å². The average molecular weight is 180 g/mol. The Labute approximate surface area is 83.4 Å². The lowest BCUT2D eigenvalue weighted by Gasteiger charge is -2.25. The van der Waals surface area contributed by atoms with Crippen molar-refractivity contribution in [1.82, 2.24) is 0 Å². The molecule has 0 aromatic heterocycles. The minimum Gasteiger partial charge on any atom is -0.0883 e. The molecule has 1 saturated carbocycles. The third-order valence-electron chi connectivity index (χ3n) is 3.29. The first-order valence-electron chi connectivity index (χ1n) is 6.01. The van der Waals surface area contributed by atoms with E-state index in [2.05, 4.69) is 26.0 Å². The van der Waals surface area contributed by atoms with Crippen molar-refractivity contribution in [1.29, 1.82) is 0 Å². The molecule has 1 rings (SSSR count). The predicted octanol–water partition coefficient (Wildman–Crippen LogP) is 4.56. The van der Waals surface area contributed by atoms with Gasteiger partial charge in [0.15, 0.2) is 0 Å². The average Bonchev–Trinajstić information content (AvgIpc) is 2.15. The van der Waals surface area contributed by atoms with E-state index < -0.39 is 0 Å². The molecule has 13 heavy (non-hydrogen) atoms. The summed E-state index contributed by atoms with van der Waals surface area (Å²) in [6, 6.07) is 0. The fourth-order valence-corrected chi connectivity index (χ4v) is 2.22. The summed E-state index contributed by atoms with van der Waals surface area (Å²) in [5.74, 6) is 1.83. The van der Waals surface area contributed by atoms with E-state index >= 15 is 0 Å². The van der Waals surface area contributed by atoms with Gasteiger partial charge in [-0.1, -0.05) is 58.1 Å². The van der Waals surface area contributed by atoms with Crippen molar-refractivity contribution < 1.29 is 0 Å². The summed E-state index contributed by atoms with van der Waals surface area (Å²) in [5, 5.41) is 0. The second-order valence-corrected chi connectivity index (χ2v) is 4.50. The molecule has 0 saturated heterocycles. The van der Waals surface area contributed by atoms with E-state index in [1.807, 2.05) is 0 Å². The van der Waals surface area contributed by atoms with Gasteiger partial charge in [0.05, 0.1) is 0 Å². The smallest absolute Gasteiger partial charge is 0.0208 e. The van der Waals surface area contributed by atoms with Gasteiger partial charge >= 0.3 is 0 Å². The molecule has 0 heterocycles. The van der Waals surface area contributed by atoms with E-state index in [9.17, 15) is 0 Å². The predicted molar refractivity (Wildman–Crippen MR) is 59.8 cm³/mol. The summed E-state index contributed by atoms with van der Waals surface area (Å²) >= 11 is 0. The largest absolute Gasteiger partial charge is 0.0883 e. The van der Waals surface area contributed by atoms with Crippen LogP contribution in [-0.2, 0) is 0 Å². The van der Waals surface area contributed by atoms with Gasteiger partial charge in [0.2, 0.25) is 0 Å². The zero-order valence-electron chi connectivity index (χ0n) is 9.26. The van der Waals surface area contributed by atoms with Crippen molar-refractivity contribution in [3.8, 4) is 0 Å². The highest BCUT2D eigenvalue weighted by atomic mass is 14.2. The quantitative estimate of drug-likeness (QED) is 0.439. The molecule has 0 aliphatic heterocycles. The molecule has 0 heteroatoms.